The standard InChI is InChI=1S/C18H15Cl2N3O3/c1-11-2-5-14(25-11)10-22-18(23-24)12-3-7-17(21-9-12)26-16-8-13(19)4-6-15(16)20/h2-9,24H,10H2,1H3,(H,22,23). The Bertz CT molecular complexity index is 924. The minimum Gasteiger partial charge on any atom is -0.464 e. The molecule has 0 fully saturated rings. The molecular weight excluding hydrogens is 377 g/mol. The van der Waals surface area contributed by atoms with E-state index in [-0.39, 0.29) is 12.4 Å². The molecule has 2 heterocycles. The Kier molecular flexibility index (Phi) is 5.78. The van der Waals surface area contributed by atoms with Crippen LogP contribution in [0.2, 0.25) is 10.0 Å². The average molecular weight is 392 g/mol. The van der Waals surface area contributed by atoms with Gasteiger partial charge in [-0.15, -0.1) is 0 Å². The van der Waals surface area contributed by atoms with Gasteiger partial charge in [0.15, 0.2) is 5.84 Å². The smallest absolute Gasteiger partial charge is 0.219 e. The molecule has 0 radical (unpaired) electrons. The molecule has 1 aromatic carbocycles. The predicted molar refractivity (Wildman–Crippen MR) is 99.4 cm³/mol. The fourth-order valence-electron chi connectivity index (χ4n) is 2.17. The number of pyridine rings is 1. The number of hydroxylamine groups is 1. The van der Waals surface area contributed by atoms with Crippen molar-refractivity contribution in [2.45, 2.75) is 13.5 Å². The van der Waals surface area contributed by atoms with Gasteiger partial charge in [-0.2, -0.15) is 0 Å². The van der Waals surface area contributed by atoms with E-state index in [1.807, 2.05) is 19.1 Å². The van der Waals surface area contributed by atoms with Crippen molar-refractivity contribution in [3.63, 3.8) is 0 Å². The number of benzene rings is 1. The molecule has 0 saturated carbocycles. The van der Waals surface area contributed by atoms with Crippen molar-refractivity contribution < 1.29 is 14.4 Å². The third kappa shape index (κ3) is 4.54. The van der Waals surface area contributed by atoms with Gasteiger partial charge in [-0.3, -0.25) is 15.7 Å². The topological polar surface area (TPSA) is 79.9 Å². The molecule has 134 valence electrons. The summed E-state index contributed by atoms with van der Waals surface area (Å²) in [5.41, 5.74) is 2.65. The van der Waals surface area contributed by atoms with E-state index in [1.165, 1.54) is 6.20 Å². The van der Waals surface area contributed by atoms with Crippen molar-refractivity contribution in [1.82, 2.24) is 10.5 Å². The number of rotatable bonds is 5. The Balaban J connectivity index is 1.73. The number of aryl methyl sites for hydroxylation is 1. The second-order valence-electron chi connectivity index (χ2n) is 5.35. The number of aliphatic imine (C=N–C) groups is 1. The quantitative estimate of drug-likeness (QED) is 0.363. The van der Waals surface area contributed by atoms with Gasteiger partial charge in [-0.25, -0.2) is 4.98 Å². The van der Waals surface area contributed by atoms with Crippen LogP contribution in [0.4, 0.5) is 0 Å². The van der Waals surface area contributed by atoms with E-state index in [1.54, 1.807) is 30.3 Å². The van der Waals surface area contributed by atoms with Crippen molar-refractivity contribution in [3.8, 4) is 11.6 Å². The number of ether oxygens (including phenoxy) is 1. The molecule has 26 heavy (non-hydrogen) atoms. The Morgan fingerprint density at radius 1 is 1.23 bits per heavy atom. The van der Waals surface area contributed by atoms with Crippen LogP contribution in [-0.2, 0) is 6.54 Å². The van der Waals surface area contributed by atoms with Crippen LogP contribution in [-0.4, -0.2) is 16.0 Å². The molecule has 0 saturated heterocycles. The van der Waals surface area contributed by atoms with Gasteiger partial charge in [0.2, 0.25) is 5.88 Å². The highest BCUT2D eigenvalue weighted by Gasteiger charge is 2.08. The number of nitrogens with zero attached hydrogens (tertiary/aromatic N) is 2. The second kappa shape index (κ2) is 8.23. The van der Waals surface area contributed by atoms with Gasteiger partial charge < -0.3 is 9.15 Å². The zero-order chi connectivity index (χ0) is 18.5. The van der Waals surface area contributed by atoms with Crippen LogP contribution in [0.3, 0.4) is 0 Å². The Morgan fingerprint density at radius 3 is 2.73 bits per heavy atom. The van der Waals surface area contributed by atoms with Crippen LogP contribution in [0.5, 0.6) is 11.6 Å². The zero-order valence-corrected chi connectivity index (χ0v) is 15.3. The van der Waals surface area contributed by atoms with Crippen LogP contribution in [0, 0.1) is 6.92 Å². The lowest BCUT2D eigenvalue weighted by Crippen LogP contribution is -2.20. The first kappa shape index (κ1) is 18.3. The van der Waals surface area contributed by atoms with Crippen LogP contribution >= 0.6 is 23.2 Å². The zero-order valence-electron chi connectivity index (χ0n) is 13.7. The third-order valence-electron chi connectivity index (χ3n) is 3.41. The van der Waals surface area contributed by atoms with Crippen molar-refractivity contribution in [2.75, 3.05) is 0 Å². The molecule has 8 heteroatoms. The van der Waals surface area contributed by atoms with E-state index >= 15 is 0 Å². The molecule has 0 atom stereocenters. The van der Waals surface area contributed by atoms with Crippen molar-refractivity contribution in [3.05, 3.63) is 75.8 Å². The molecule has 0 unspecified atom stereocenters. The van der Waals surface area contributed by atoms with Crippen molar-refractivity contribution in [2.24, 2.45) is 4.99 Å². The first-order valence-electron chi connectivity index (χ1n) is 7.64. The largest absolute Gasteiger partial charge is 0.464 e. The monoisotopic (exact) mass is 391 g/mol. The van der Waals surface area contributed by atoms with E-state index in [0.717, 1.165) is 5.76 Å². The molecule has 2 N–H and O–H groups in total. The van der Waals surface area contributed by atoms with Crippen LogP contribution in [0.1, 0.15) is 17.1 Å². The van der Waals surface area contributed by atoms with Crippen molar-refractivity contribution >= 4 is 29.0 Å². The van der Waals surface area contributed by atoms with Gasteiger partial charge in [-0.1, -0.05) is 23.2 Å². The first-order valence-corrected chi connectivity index (χ1v) is 8.40. The maximum absolute atomic E-state index is 9.33. The second-order valence-corrected chi connectivity index (χ2v) is 6.19. The van der Waals surface area contributed by atoms with Gasteiger partial charge in [0.1, 0.15) is 17.3 Å². The maximum Gasteiger partial charge on any atom is 0.219 e. The summed E-state index contributed by atoms with van der Waals surface area (Å²) in [6.07, 6.45) is 1.52. The predicted octanol–water partition coefficient (Wildman–Crippen LogP) is 5.01. The summed E-state index contributed by atoms with van der Waals surface area (Å²) in [5.74, 6) is 2.49. The number of hydrogen-bond donors (Lipinski definition) is 2. The fraction of sp³-hybridized carbons (Fsp3) is 0.111. The van der Waals surface area contributed by atoms with Crippen LogP contribution in [0.25, 0.3) is 0 Å². The minimum absolute atomic E-state index is 0.263. The van der Waals surface area contributed by atoms with Crippen LogP contribution in [0.15, 0.2) is 58.1 Å². The highest BCUT2D eigenvalue weighted by atomic mass is 35.5. The van der Waals surface area contributed by atoms with Crippen molar-refractivity contribution in [1.29, 1.82) is 0 Å². The van der Waals surface area contributed by atoms with E-state index < -0.39 is 0 Å². The lowest BCUT2D eigenvalue weighted by molar-refractivity contribution is 0.234. The summed E-state index contributed by atoms with van der Waals surface area (Å²) < 4.78 is 11.1. The summed E-state index contributed by atoms with van der Waals surface area (Å²) in [6.45, 7) is 2.14. The van der Waals surface area contributed by atoms with Gasteiger partial charge in [0, 0.05) is 28.9 Å². The number of aromatic nitrogens is 1. The fourth-order valence-corrected chi connectivity index (χ4v) is 2.49. The molecule has 0 spiro atoms. The molecule has 0 aliphatic carbocycles. The summed E-state index contributed by atoms with van der Waals surface area (Å²) in [6, 6.07) is 11.9. The van der Waals surface area contributed by atoms with Gasteiger partial charge in [0.25, 0.3) is 0 Å². The number of furan rings is 1. The molecular formula is C18H15Cl2N3O3. The van der Waals surface area contributed by atoms with Crippen LogP contribution < -0.4 is 10.2 Å². The maximum atomic E-state index is 9.33. The summed E-state index contributed by atoms with van der Waals surface area (Å²) in [4.78, 5) is 8.47. The Labute approximate surface area is 160 Å². The molecule has 0 aliphatic rings. The third-order valence-corrected chi connectivity index (χ3v) is 3.96. The Hall–Kier alpha value is -2.54. The average Bonchev–Trinajstić information content (AvgIpc) is 3.05. The highest BCUT2D eigenvalue weighted by molar-refractivity contribution is 6.34. The Morgan fingerprint density at radius 2 is 2.08 bits per heavy atom. The van der Waals surface area contributed by atoms with E-state index in [0.29, 0.717) is 33.0 Å². The summed E-state index contributed by atoms with van der Waals surface area (Å²) in [5, 5.41) is 10.3. The first-order chi connectivity index (χ1) is 12.5. The van der Waals surface area contributed by atoms with E-state index in [2.05, 4.69) is 15.5 Å². The molecule has 3 rings (SSSR count). The summed E-state index contributed by atoms with van der Waals surface area (Å²) in [7, 11) is 0. The highest BCUT2D eigenvalue weighted by Crippen LogP contribution is 2.31. The van der Waals surface area contributed by atoms with Gasteiger partial charge in [0.05, 0.1) is 11.6 Å². The lowest BCUT2D eigenvalue weighted by atomic mass is 10.2. The van der Waals surface area contributed by atoms with Gasteiger partial charge in [-0.05, 0) is 37.3 Å². The molecule has 6 nitrogen and oxygen atoms in total. The molecule has 0 amide bonds. The number of amidine groups is 1. The molecule has 0 bridgehead atoms. The van der Waals surface area contributed by atoms with E-state index in [9.17, 15) is 5.21 Å². The number of hydrogen-bond acceptors (Lipinski definition) is 5. The SMILES string of the molecule is Cc1ccc(CN=C(NO)c2ccc(Oc3cc(Cl)ccc3Cl)nc2)o1. The summed E-state index contributed by atoms with van der Waals surface area (Å²) >= 11 is 12.0. The minimum atomic E-state index is 0.263. The lowest BCUT2D eigenvalue weighted by Gasteiger charge is -2.08. The number of nitrogens with one attached hydrogen (secondary N) is 1. The van der Waals surface area contributed by atoms with Gasteiger partial charge >= 0.3 is 0 Å². The molecule has 2 aromatic heterocycles. The molecule has 0 aliphatic heterocycles. The molecule has 3 aromatic rings. The van der Waals surface area contributed by atoms with E-state index in [4.69, 9.17) is 32.4 Å². The normalized spacial score (nSPS) is 11.5. The number of halogens is 2.